The second-order valence-corrected chi connectivity index (χ2v) is 6.41. The molecule has 1 aromatic heterocycles. The zero-order valence-corrected chi connectivity index (χ0v) is 14.4. The van der Waals surface area contributed by atoms with E-state index in [1.54, 1.807) is 17.0 Å². The number of benzene rings is 1. The number of hydrogen-bond donors (Lipinski definition) is 1. The summed E-state index contributed by atoms with van der Waals surface area (Å²) in [7, 11) is 0. The lowest BCUT2D eigenvalue weighted by Crippen LogP contribution is -2.53. The van der Waals surface area contributed by atoms with E-state index in [0.29, 0.717) is 30.9 Å². The van der Waals surface area contributed by atoms with Gasteiger partial charge in [-0.2, -0.15) is 0 Å². The van der Waals surface area contributed by atoms with E-state index in [4.69, 9.17) is 0 Å². The summed E-state index contributed by atoms with van der Waals surface area (Å²) in [5.74, 6) is -2.16. The summed E-state index contributed by atoms with van der Waals surface area (Å²) in [5, 5.41) is 0.121. The topological polar surface area (TPSA) is 85.8 Å². The first-order chi connectivity index (χ1) is 13.1. The predicted molar refractivity (Wildman–Crippen MR) is 97.2 cm³/mol. The largest absolute Gasteiger partial charge is 0.360 e. The summed E-state index contributed by atoms with van der Waals surface area (Å²) in [6, 6.07) is 4.43. The van der Waals surface area contributed by atoms with Crippen LogP contribution in [0.15, 0.2) is 41.5 Å². The molecule has 3 heterocycles. The fourth-order valence-electron chi connectivity index (χ4n) is 3.36. The highest BCUT2D eigenvalue weighted by Gasteiger charge is 2.31. The lowest BCUT2D eigenvalue weighted by Gasteiger charge is -2.34. The normalized spacial score (nSPS) is 16.7. The number of aromatic nitrogens is 1. The number of carbonyl (C=O) groups excluding carboxylic acids is 3. The Morgan fingerprint density at radius 2 is 1.81 bits per heavy atom. The van der Waals surface area contributed by atoms with E-state index in [2.05, 4.69) is 9.98 Å². The van der Waals surface area contributed by atoms with Gasteiger partial charge in [0.2, 0.25) is 0 Å². The lowest BCUT2D eigenvalue weighted by molar-refractivity contribution is -0.133. The maximum atomic E-state index is 14.1. The Morgan fingerprint density at radius 3 is 2.52 bits per heavy atom. The first kappa shape index (κ1) is 17.1. The smallest absolute Gasteiger partial charge is 0.295 e. The number of piperazine rings is 1. The van der Waals surface area contributed by atoms with Crippen LogP contribution in [0.1, 0.15) is 10.4 Å². The summed E-state index contributed by atoms with van der Waals surface area (Å²) in [6.07, 6.45) is 4.86. The number of H-pyrrole nitrogens is 1. The van der Waals surface area contributed by atoms with Crippen molar-refractivity contribution in [3.8, 4) is 0 Å². The summed E-state index contributed by atoms with van der Waals surface area (Å²) in [4.78, 5) is 47.4. The monoisotopic (exact) mass is 368 g/mol. The molecule has 138 valence electrons. The molecule has 0 radical (unpaired) electrons. The third-order valence-corrected chi connectivity index (χ3v) is 4.81. The predicted octanol–water partition coefficient (Wildman–Crippen LogP) is 1.17. The average Bonchev–Trinajstić information content (AvgIpc) is 3.37. The van der Waals surface area contributed by atoms with E-state index in [1.807, 2.05) is 6.08 Å². The molecule has 4 rings (SSSR count). The molecule has 0 saturated carbocycles. The molecule has 8 heteroatoms. The van der Waals surface area contributed by atoms with Crippen molar-refractivity contribution >= 4 is 34.2 Å². The molecule has 7 nitrogen and oxygen atoms in total. The molecule has 0 aliphatic carbocycles. The minimum absolute atomic E-state index is 0.0251. The quantitative estimate of drug-likeness (QED) is 0.652. The molecule has 2 aromatic rings. The van der Waals surface area contributed by atoms with E-state index in [0.717, 1.165) is 0 Å². The Morgan fingerprint density at radius 1 is 1.07 bits per heavy atom. The molecule has 0 spiro atoms. The van der Waals surface area contributed by atoms with Crippen LogP contribution in [0, 0.1) is 5.82 Å². The molecular weight excluding hydrogens is 351 g/mol. The van der Waals surface area contributed by atoms with Crippen LogP contribution in [0.2, 0.25) is 0 Å². The molecule has 0 unspecified atom stereocenters. The van der Waals surface area contributed by atoms with E-state index < -0.39 is 17.5 Å². The molecule has 1 aromatic carbocycles. The maximum absolute atomic E-state index is 14.1. The standard InChI is InChI=1S/C19H17FN4O3/c20-13-3-1-4-14-16(13)12(11-22-14)17(25)19(27)24-9-7-23(8-10-24)18(26)15-5-2-6-21-15/h1-5,11,22H,6-10H2. The maximum Gasteiger partial charge on any atom is 0.295 e. The third-order valence-electron chi connectivity index (χ3n) is 4.81. The van der Waals surface area contributed by atoms with Crippen molar-refractivity contribution in [1.29, 1.82) is 0 Å². The van der Waals surface area contributed by atoms with Gasteiger partial charge in [0.25, 0.3) is 17.6 Å². The Balaban J connectivity index is 1.45. The zero-order chi connectivity index (χ0) is 19.0. The number of aromatic amines is 1. The number of Topliss-reactive ketones (excluding diaryl/α,β-unsaturated/α-hetero) is 1. The Hall–Kier alpha value is -3.29. The van der Waals surface area contributed by atoms with Crippen molar-refractivity contribution in [2.75, 3.05) is 32.7 Å². The highest BCUT2D eigenvalue weighted by Crippen LogP contribution is 2.22. The number of nitrogens with zero attached hydrogens (tertiary/aromatic N) is 3. The van der Waals surface area contributed by atoms with Crippen molar-refractivity contribution in [2.45, 2.75) is 0 Å². The fraction of sp³-hybridized carbons (Fsp3) is 0.263. The molecule has 1 N–H and O–H groups in total. The van der Waals surface area contributed by atoms with Crippen molar-refractivity contribution in [3.63, 3.8) is 0 Å². The molecule has 0 bridgehead atoms. The summed E-state index contributed by atoms with van der Waals surface area (Å²) >= 11 is 0. The van der Waals surface area contributed by atoms with Crippen LogP contribution in [0.4, 0.5) is 4.39 Å². The zero-order valence-electron chi connectivity index (χ0n) is 14.4. The summed E-state index contributed by atoms with van der Waals surface area (Å²) in [6.45, 7) is 1.66. The van der Waals surface area contributed by atoms with E-state index in [9.17, 15) is 18.8 Å². The average molecular weight is 368 g/mol. The first-order valence-corrected chi connectivity index (χ1v) is 8.65. The van der Waals surface area contributed by atoms with E-state index in [-0.39, 0.29) is 29.9 Å². The van der Waals surface area contributed by atoms with Gasteiger partial charge in [0.1, 0.15) is 11.5 Å². The van der Waals surface area contributed by atoms with Crippen molar-refractivity contribution in [1.82, 2.24) is 14.8 Å². The molecule has 1 fully saturated rings. The number of ketones is 1. The van der Waals surface area contributed by atoms with Gasteiger partial charge in [0.15, 0.2) is 0 Å². The molecule has 27 heavy (non-hydrogen) atoms. The molecule has 2 aliphatic rings. The Kier molecular flexibility index (Phi) is 4.31. The molecule has 0 atom stereocenters. The minimum atomic E-state index is -0.755. The number of fused-ring (bicyclic) bond motifs is 1. The molecule has 2 aliphatic heterocycles. The van der Waals surface area contributed by atoms with Crippen LogP contribution in [0.3, 0.4) is 0 Å². The van der Waals surface area contributed by atoms with Gasteiger partial charge in [-0.05, 0) is 18.2 Å². The van der Waals surface area contributed by atoms with Gasteiger partial charge in [-0.15, -0.1) is 0 Å². The van der Waals surface area contributed by atoms with E-state index >= 15 is 0 Å². The number of nitrogens with one attached hydrogen (secondary N) is 1. The van der Waals surface area contributed by atoms with Crippen LogP contribution in [-0.4, -0.2) is 70.8 Å². The summed E-state index contributed by atoms with van der Waals surface area (Å²) in [5.41, 5.74) is 0.907. The fourth-order valence-corrected chi connectivity index (χ4v) is 3.36. The molecular formula is C19H17FN4O3. The number of rotatable bonds is 3. The first-order valence-electron chi connectivity index (χ1n) is 8.65. The third kappa shape index (κ3) is 3.03. The van der Waals surface area contributed by atoms with Gasteiger partial charge in [-0.25, -0.2) is 4.39 Å². The number of hydrogen-bond acceptors (Lipinski definition) is 4. The number of amides is 2. The number of halogens is 1. The second kappa shape index (κ2) is 6.79. The second-order valence-electron chi connectivity index (χ2n) is 6.41. The molecule has 2 amide bonds. The van der Waals surface area contributed by atoms with Gasteiger partial charge in [-0.1, -0.05) is 12.1 Å². The van der Waals surface area contributed by atoms with Crippen molar-refractivity contribution in [2.24, 2.45) is 4.99 Å². The van der Waals surface area contributed by atoms with Crippen molar-refractivity contribution < 1.29 is 18.8 Å². The van der Waals surface area contributed by atoms with Crippen LogP contribution < -0.4 is 0 Å². The van der Waals surface area contributed by atoms with Crippen LogP contribution in [0.5, 0.6) is 0 Å². The number of carbonyl (C=O) groups is 3. The highest BCUT2D eigenvalue weighted by molar-refractivity contribution is 6.45. The van der Waals surface area contributed by atoms with Gasteiger partial charge in [-0.3, -0.25) is 19.4 Å². The van der Waals surface area contributed by atoms with Crippen LogP contribution in [-0.2, 0) is 9.59 Å². The number of aliphatic imine (C=N–C) groups is 1. The van der Waals surface area contributed by atoms with Gasteiger partial charge in [0.05, 0.1) is 12.1 Å². The summed E-state index contributed by atoms with van der Waals surface area (Å²) < 4.78 is 14.1. The SMILES string of the molecule is O=C(C(=O)N1CCN(C(=O)C2=NCC=C2)CC1)c1c[nH]c2cccc(F)c12. The molecule has 1 saturated heterocycles. The van der Waals surface area contributed by atoms with Gasteiger partial charge in [0, 0.05) is 43.3 Å². The minimum Gasteiger partial charge on any atom is -0.360 e. The Labute approximate surface area is 154 Å². The lowest BCUT2D eigenvalue weighted by atomic mass is 10.1. The Bertz CT molecular complexity index is 1000. The van der Waals surface area contributed by atoms with Gasteiger partial charge >= 0.3 is 0 Å². The van der Waals surface area contributed by atoms with Gasteiger partial charge < -0.3 is 14.8 Å². The van der Waals surface area contributed by atoms with Crippen molar-refractivity contribution in [3.05, 3.63) is 47.9 Å². The van der Waals surface area contributed by atoms with Crippen LogP contribution in [0.25, 0.3) is 10.9 Å². The van der Waals surface area contributed by atoms with Crippen LogP contribution >= 0.6 is 0 Å². The van der Waals surface area contributed by atoms with E-state index in [1.165, 1.54) is 23.2 Å². The highest BCUT2D eigenvalue weighted by atomic mass is 19.1.